The first-order chi connectivity index (χ1) is 11.2. The van der Waals surface area contributed by atoms with Gasteiger partial charge in [-0.1, -0.05) is 34.8 Å². The van der Waals surface area contributed by atoms with Crippen molar-refractivity contribution >= 4 is 34.8 Å². The van der Waals surface area contributed by atoms with Gasteiger partial charge in [0.15, 0.2) is 0 Å². The molecule has 2 aliphatic heterocycles. The van der Waals surface area contributed by atoms with E-state index in [2.05, 4.69) is 4.98 Å². The number of halogens is 6. The average Bonchev–Trinajstić information content (AvgIpc) is 2.69. The van der Waals surface area contributed by atoms with Crippen LogP contribution in [0.15, 0.2) is 29.0 Å². The Morgan fingerprint density at radius 2 is 1.88 bits per heavy atom. The van der Waals surface area contributed by atoms with Gasteiger partial charge in [0.05, 0.1) is 11.6 Å². The molecule has 0 aromatic carbocycles. The molecule has 0 radical (unpaired) electrons. The molecule has 1 aromatic rings. The second-order valence-corrected chi connectivity index (χ2v) is 8.01. The highest BCUT2D eigenvalue weighted by Crippen LogP contribution is 2.49. The van der Waals surface area contributed by atoms with Gasteiger partial charge in [0, 0.05) is 29.9 Å². The van der Waals surface area contributed by atoms with Crippen molar-refractivity contribution in [1.29, 1.82) is 0 Å². The van der Waals surface area contributed by atoms with Gasteiger partial charge in [-0.25, -0.2) is 0 Å². The number of pyridine rings is 1. The van der Waals surface area contributed by atoms with Crippen LogP contribution in [0, 0.1) is 0 Å². The minimum absolute atomic E-state index is 0.110. The Balaban J connectivity index is 1.95. The van der Waals surface area contributed by atoms with Crippen molar-refractivity contribution in [2.24, 2.45) is 0 Å². The van der Waals surface area contributed by atoms with Crippen molar-refractivity contribution in [2.75, 3.05) is 6.54 Å². The summed E-state index contributed by atoms with van der Waals surface area (Å²) in [6, 6.07) is 1.47. The molecule has 0 N–H and O–H groups in total. The van der Waals surface area contributed by atoms with E-state index in [0.717, 1.165) is 18.4 Å². The lowest BCUT2D eigenvalue weighted by Crippen LogP contribution is -2.51. The number of piperidine rings is 1. The van der Waals surface area contributed by atoms with Gasteiger partial charge in [-0.15, -0.1) is 0 Å². The lowest BCUT2D eigenvalue weighted by atomic mass is 9.70. The molecular formula is C16H16Cl3F3N2. The maximum absolute atomic E-state index is 12.9. The normalized spacial score (nSPS) is 30.4. The zero-order valence-corrected chi connectivity index (χ0v) is 14.9. The van der Waals surface area contributed by atoms with Crippen LogP contribution in [0.4, 0.5) is 13.2 Å². The summed E-state index contributed by atoms with van der Waals surface area (Å²) in [4.78, 5) is 5.70. The summed E-state index contributed by atoms with van der Waals surface area (Å²) >= 11 is 17.9. The fourth-order valence-electron chi connectivity index (χ4n) is 4.17. The molecule has 2 aliphatic rings. The first-order valence-electron chi connectivity index (χ1n) is 7.66. The maximum Gasteiger partial charge on any atom is 0.401 e. The summed E-state index contributed by atoms with van der Waals surface area (Å²) in [5.41, 5.74) is 0.308. The maximum atomic E-state index is 12.9. The van der Waals surface area contributed by atoms with Crippen molar-refractivity contribution < 1.29 is 13.2 Å². The Hall–Kier alpha value is -0.490. The molecule has 132 valence electrons. The van der Waals surface area contributed by atoms with Gasteiger partial charge >= 0.3 is 6.18 Å². The van der Waals surface area contributed by atoms with Crippen LogP contribution in [0.25, 0.3) is 0 Å². The van der Waals surface area contributed by atoms with Crippen molar-refractivity contribution in [3.8, 4) is 0 Å². The quantitative estimate of drug-likeness (QED) is 0.669. The molecule has 3 rings (SSSR count). The van der Waals surface area contributed by atoms with Crippen LogP contribution < -0.4 is 0 Å². The Morgan fingerprint density at radius 1 is 1.25 bits per heavy atom. The first-order valence-corrected chi connectivity index (χ1v) is 8.79. The predicted molar refractivity (Wildman–Crippen MR) is 89.5 cm³/mol. The van der Waals surface area contributed by atoms with E-state index in [-0.39, 0.29) is 16.6 Å². The third kappa shape index (κ3) is 3.85. The van der Waals surface area contributed by atoms with Gasteiger partial charge in [-0.3, -0.25) is 9.88 Å². The van der Waals surface area contributed by atoms with E-state index in [4.69, 9.17) is 34.8 Å². The summed E-state index contributed by atoms with van der Waals surface area (Å²) in [7, 11) is 0. The number of nitrogens with zero attached hydrogens (tertiary/aromatic N) is 2. The third-order valence-corrected chi connectivity index (χ3v) is 5.42. The topological polar surface area (TPSA) is 16.1 Å². The molecule has 2 saturated heterocycles. The van der Waals surface area contributed by atoms with Crippen LogP contribution in [0.1, 0.15) is 31.2 Å². The van der Waals surface area contributed by atoms with Crippen LogP contribution in [0.3, 0.4) is 0 Å². The van der Waals surface area contributed by atoms with E-state index in [1.54, 1.807) is 23.2 Å². The van der Waals surface area contributed by atoms with Crippen LogP contribution in [-0.2, 0) is 5.41 Å². The van der Waals surface area contributed by atoms with Gasteiger partial charge in [0.2, 0.25) is 0 Å². The third-order valence-electron chi connectivity index (χ3n) is 5.00. The van der Waals surface area contributed by atoms with E-state index >= 15 is 0 Å². The molecule has 0 saturated carbocycles. The molecule has 2 atom stereocenters. The van der Waals surface area contributed by atoms with Crippen LogP contribution in [0.2, 0.25) is 5.02 Å². The zero-order valence-electron chi connectivity index (χ0n) is 12.7. The van der Waals surface area contributed by atoms with Gasteiger partial charge < -0.3 is 0 Å². The molecule has 24 heavy (non-hydrogen) atoms. The fraction of sp³-hybridized carbons (Fsp3) is 0.562. The number of rotatable bonds is 3. The largest absolute Gasteiger partial charge is 0.401 e. The van der Waals surface area contributed by atoms with Crippen LogP contribution in [0.5, 0.6) is 0 Å². The van der Waals surface area contributed by atoms with Crippen molar-refractivity contribution in [2.45, 2.75) is 49.4 Å². The lowest BCUT2D eigenvalue weighted by Gasteiger charge is -2.45. The SMILES string of the molecule is FC(F)(F)CN1C2CCC1CC(C=C(Cl)Cl)(c1cncc(Cl)c1)C2. The van der Waals surface area contributed by atoms with E-state index in [9.17, 15) is 13.2 Å². The van der Waals surface area contributed by atoms with E-state index < -0.39 is 18.1 Å². The standard InChI is InChI=1S/C16H16Cl3F3N2/c17-11-3-10(7-23-8-11)15(6-14(18)19)4-12-1-2-13(5-15)24(12)9-16(20,21)22/h3,6-8,12-13H,1-2,4-5,9H2. The summed E-state index contributed by atoms with van der Waals surface area (Å²) in [6.45, 7) is -0.871. The number of fused-ring (bicyclic) bond motifs is 2. The van der Waals surface area contributed by atoms with Crippen LogP contribution in [-0.4, -0.2) is 34.7 Å². The van der Waals surface area contributed by atoms with Gasteiger partial charge in [0.25, 0.3) is 0 Å². The molecule has 2 unspecified atom stereocenters. The van der Waals surface area contributed by atoms with Crippen molar-refractivity contribution in [1.82, 2.24) is 9.88 Å². The summed E-state index contributed by atoms with van der Waals surface area (Å²) in [6.07, 6.45) is 3.28. The average molecular weight is 400 g/mol. The van der Waals surface area contributed by atoms with E-state index in [1.807, 2.05) is 0 Å². The number of allylic oxidation sites excluding steroid dienone is 1. The Kier molecular flexibility index (Phi) is 5.09. The predicted octanol–water partition coefficient (Wildman–Crippen LogP) is 5.48. The highest BCUT2D eigenvalue weighted by atomic mass is 35.5. The second-order valence-electron chi connectivity index (χ2n) is 6.56. The van der Waals surface area contributed by atoms with E-state index in [1.165, 1.54) is 6.20 Å². The summed E-state index contributed by atoms with van der Waals surface area (Å²) in [5, 5.41) is 0.482. The molecule has 2 bridgehead atoms. The van der Waals surface area contributed by atoms with E-state index in [0.29, 0.717) is 17.9 Å². The van der Waals surface area contributed by atoms with Crippen molar-refractivity contribution in [3.05, 3.63) is 39.6 Å². The molecule has 0 amide bonds. The molecule has 2 nitrogen and oxygen atoms in total. The molecule has 3 heterocycles. The Labute approximate surface area is 153 Å². The Morgan fingerprint density at radius 3 is 2.38 bits per heavy atom. The number of alkyl halides is 3. The Bertz CT molecular complexity index is 630. The monoisotopic (exact) mass is 398 g/mol. The summed E-state index contributed by atoms with van der Waals surface area (Å²) in [5.74, 6) is 0. The lowest BCUT2D eigenvalue weighted by molar-refractivity contribution is -0.156. The number of aromatic nitrogens is 1. The van der Waals surface area contributed by atoms with Crippen molar-refractivity contribution in [3.63, 3.8) is 0 Å². The number of hydrogen-bond acceptors (Lipinski definition) is 2. The fourth-order valence-corrected chi connectivity index (χ4v) is 4.76. The number of hydrogen-bond donors (Lipinski definition) is 0. The second kappa shape index (κ2) is 6.67. The molecule has 0 spiro atoms. The highest BCUT2D eigenvalue weighted by Gasteiger charge is 2.51. The van der Waals surface area contributed by atoms with Gasteiger partial charge in [0.1, 0.15) is 4.49 Å². The van der Waals surface area contributed by atoms with Crippen LogP contribution >= 0.6 is 34.8 Å². The summed E-state index contributed by atoms with van der Waals surface area (Å²) < 4.78 is 38.7. The van der Waals surface area contributed by atoms with Gasteiger partial charge in [-0.2, -0.15) is 13.2 Å². The molecule has 2 fully saturated rings. The minimum Gasteiger partial charge on any atom is -0.289 e. The highest BCUT2D eigenvalue weighted by molar-refractivity contribution is 6.55. The van der Waals surface area contributed by atoms with Gasteiger partial charge in [-0.05, 0) is 43.4 Å². The molecular weight excluding hydrogens is 384 g/mol. The molecule has 0 aliphatic carbocycles. The molecule has 1 aromatic heterocycles. The molecule has 8 heteroatoms. The zero-order chi connectivity index (χ0) is 17.5. The smallest absolute Gasteiger partial charge is 0.289 e. The first kappa shape index (κ1) is 18.3. The minimum atomic E-state index is -4.20.